The molecule has 1 aromatic rings. The zero-order chi connectivity index (χ0) is 12.4. The van der Waals surface area contributed by atoms with Gasteiger partial charge in [0.25, 0.3) is 0 Å². The topological polar surface area (TPSA) is 55.2 Å². The number of rotatable bonds is 5. The van der Waals surface area contributed by atoms with Gasteiger partial charge in [-0.05, 0) is 12.3 Å². The number of nitro benzene ring substituents is 1. The Hall–Kier alpha value is -1.72. The minimum Gasteiger partial charge on any atom is -0.379 e. The number of anilines is 1. The molecular weight excluding hydrogens is 230 g/mol. The van der Waals surface area contributed by atoms with E-state index in [2.05, 4.69) is 5.32 Å². The summed E-state index contributed by atoms with van der Waals surface area (Å²) in [6.07, 6.45) is 3.21. The second kappa shape index (κ2) is 4.65. The first kappa shape index (κ1) is 11.8. The molecule has 1 fully saturated rings. The summed E-state index contributed by atoms with van der Waals surface area (Å²) in [4.78, 5) is 9.83. The predicted molar refractivity (Wildman–Crippen MR) is 58.8 cm³/mol. The second-order valence-corrected chi connectivity index (χ2v) is 4.20. The van der Waals surface area contributed by atoms with Crippen LogP contribution in [-0.4, -0.2) is 11.5 Å². The summed E-state index contributed by atoms with van der Waals surface area (Å²) in [5.74, 6) is -1.31. The van der Waals surface area contributed by atoms with Crippen LogP contribution in [0, 0.1) is 27.7 Å². The third kappa shape index (κ3) is 2.89. The number of hydrogen-bond donors (Lipinski definition) is 1. The highest BCUT2D eigenvalue weighted by Gasteiger charge is 2.23. The maximum absolute atomic E-state index is 13.2. The van der Waals surface area contributed by atoms with E-state index in [1.54, 1.807) is 0 Å². The average molecular weight is 242 g/mol. The van der Waals surface area contributed by atoms with Crippen LogP contribution in [0.4, 0.5) is 20.2 Å². The van der Waals surface area contributed by atoms with Crippen molar-refractivity contribution in [2.75, 3.05) is 11.9 Å². The van der Waals surface area contributed by atoms with Crippen LogP contribution >= 0.6 is 0 Å². The Bertz CT molecular complexity index is 447. The molecule has 0 spiro atoms. The lowest BCUT2D eigenvalue weighted by molar-refractivity contribution is -0.386. The van der Waals surface area contributed by atoms with Crippen molar-refractivity contribution in [2.45, 2.75) is 19.3 Å². The van der Waals surface area contributed by atoms with Crippen molar-refractivity contribution >= 4 is 11.4 Å². The quantitative estimate of drug-likeness (QED) is 0.637. The fourth-order valence-electron chi connectivity index (χ4n) is 1.70. The van der Waals surface area contributed by atoms with Gasteiger partial charge in [0, 0.05) is 18.7 Å². The Kier molecular flexibility index (Phi) is 3.21. The standard InChI is InChI=1S/C11H12F2N2O2/c12-8-5-9(13)11(15(16)17)10(6-8)14-4-3-7-1-2-7/h5-7,14H,1-4H2. The van der Waals surface area contributed by atoms with E-state index in [1.807, 2.05) is 0 Å². The Morgan fingerprint density at radius 3 is 2.71 bits per heavy atom. The highest BCUT2D eigenvalue weighted by Crippen LogP contribution is 2.33. The van der Waals surface area contributed by atoms with Crippen LogP contribution in [0.25, 0.3) is 0 Å². The van der Waals surface area contributed by atoms with Gasteiger partial charge >= 0.3 is 5.69 Å². The van der Waals surface area contributed by atoms with E-state index in [4.69, 9.17) is 0 Å². The molecule has 0 atom stereocenters. The lowest BCUT2D eigenvalue weighted by Gasteiger charge is -2.07. The molecule has 92 valence electrons. The molecule has 0 bridgehead atoms. The molecule has 0 radical (unpaired) electrons. The summed E-state index contributed by atoms with van der Waals surface area (Å²) in [6, 6.07) is 1.47. The zero-order valence-corrected chi connectivity index (χ0v) is 9.08. The molecule has 1 aliphatic rings. The van der Waals surface area contributed by atoms with Crippen LogP contribution in [0.5, 0.6) is 0 Å². The van der Waals surface area contributed by atoms with Crippen molar-refractivity contribution in [1.29, 1.82) is 0 Å². The molecule has 4 nitrogen and oxygen atoms in total. The molecule has 1 saturated carbocycles. The number of hydrogen-bond acceptors (Lipinski definition) is 3. The minimum absolute atomic E-state index is 0.0897. The van der Waals surface area contributed by atoms with Crippen LogP contribution in [0.1, 0.15) is 19.3 Å². The van der Waals surface area contributed by atoms with E-state index in [1.165, 1.54) is 12.8 Å². The Balaban J connectivity index is 2.14. The van der Waals surface area contributed by atoms with Crippen molar-refractivity contribution in [2.24, 2.45) is 5.92 Å². The number of halogens is 2. The van der Waals surface area contributed by atoms with Crippen LogP contribution in [-0.2, 0) is 0 Å². The Labute approximate surface area is 96.8 Å². The highest BCUT2D eigenvalue weighted by atomic mass is 19.1. The van der Waals surface area contributed by atoms with E-state index < -0.39 is 22.2 Å². The van der Waals surface area contributed by atoms with Crippen molar-refractivity contribution in [3.8, 4) is 0 Å². The monoisotopic (exact) mass is 242 g/mol. The van der Waals surface area contributed by atoms with Crippen LogP contribution in [0.3, 0.4) is 0 Å². The molecule has 0 aliphatic heterocycles. The first-order valence-electron chi connectivity index (χ1n) is 5.45. The van der Waals surface area contributed by atoms with Gasteiger partial charge in [-0.2, -0.15) is 4.39 Å². The van der Waals surface area contributed by atoms with Gasteiger partial charge in [0.1, 0.15) is 11.5 Å². The van der Waals surface area contributed by atoms with E-state index >= 15 is 0 Å². The highest BCUT2D eigenvalue weighted by molar-refractivity contribution is 5.62. The molecule has 1 aromatic carbocycles. The summed E-state index contributed by atoms with van der Waals surface area (Å²) >= 11 is 0. The third-order valence-electron chi connectivity index (χ3n) is 2.78. The van der Waals surface area contributed by atoms with Gasteiger partial charge in [-0.3, -0.25) is 10.1 Å². The molecule has 1 N–H and O–H groups in total. The summed E-state index contributed by atoms with van der Waals surface area (Å²) < 4.78 is 26.2. The lowest BCUT2D eigenvalue weighted by Crippen LogP contribution is -2.07. The first-order valence-corrected chi connectivity index (χ1v) is 5.45. The van der Waals surface area contributed by atoms with Crippen LogP contribution in [0.2, 0.25) is 0 Å². The van der Waals surface area contributed by atoms with E-state index in [9.17, 15) is 18.9 Å². The van der Waals surface area contributed by atoms with Gasteiger partial charge in [0.15, 0.2) is 0 Å². The molecule has 0 heterocycles. The molecule has 2 rings (SSSR count). The molecular formula is C11H12F2N2O2. The fraction of sp³-hybridized carbons (Fsp3) is 0.455. The van der Waals surface area contributed by atoms with Gasteiger partial charge < -0.3 is 5.32 Å². The molecule has 6 heteroatoms. The Morgan fingerprint density at radius 1 is 1.41 bits per heavy atom. The fourth-order valence-corrected chi connectivity index (χ4v) is 1.70. The Morgan fingerprint density at radius 2 is 2.12 bits per heavy atom. The first-order chi connectivity index (χ1) is 8.08. The maximum Gasteiger partial charge on any atom is 0.327 e. The van der Waals surface area contributed by atoms with E-state index in [-0.39, 0.29) is 5.69 Å². The van der Waals surface area contributed by atoms with Gasteiger partial charge in [-0.15, -0.1) is 0 Å². The third-order valence-corrected chi connectivity index (χ3v) is 2.78. The summed E-state index contributed by atoms with van der Waals surface area (Å²) in [5.41, 5.74) is -0.782. The zero-order valence-electron chi connectivity index (χ0n) is 9.08. The molecule has 17 heavy (non-hydrogen) atoms. The van der Waals surface area contributed by atoms with E-state index in [0.29, 0.717) is 18.5 Å². The van der Waals surface area contributed by atoms with Crippen molar-refractivity contribution in [1.82, 2.24) is 0 Å². The second-order valence-electron chi connectivity index (χ2n) is 4.20. The van der Waals surface area contributed by atoms with Crippen molar-refractivity contribution < 1.29 is 13.7 Å². The van der Waals surface area contributed by atoms with Gasteiger partial charge in [-0.1, -0.05) is 12.8 Å². The van der Waals surface area contributed by atoms with Gasteiger partial charge in [-0.25, -0.2) is 4.39 Å². The molecule has 0 aromatic heterocycles. The van der Waals surface area contributed by atoms with Gasteiger partial charge in [0.05, 0.1) is 4.92 Å². The summed E-state index contributed by atoms with van der Waals surface area (Å²) in [5, 5.41) is 13.4. The average Bonchev–Trinajstić information content (AvgIpc) is 2.99. The van der Waals surface area contributed by atoms with Crippen molar-refractivity contribution in [3.05, 3.63) is 33.9 Å². The van der Waals surface area contributed by atoms with Crippen molar-refractivity contribution in [3.63, 3.8) is 0 Å². The lowest BCUT2D eigenvalue weighted by atomic mass is 10.2. The minimum atomic E-state index is -1.15. The molecule has 1 aliphatic carbocycles. The smallest absolute Gasteiger partial charge is 0.327 e. The largest absolute Gasteiger partial charge is 0.379 e. The maximum atomic E-state index is 13.2. The normalized spacial score (nSPS) is 14.7. The van der Waals surface area contributed by atoms with Crippen LogP contribution in [0.15, 0.2) is 12.1 Å². The molecule has 0 saturated heterocycles. The molecule has 0 unspecified atom stereocenters. The number of nitrogens with one attached hydrogen (secondary N) is 1. The number of benzene rings is 1. The number of nitrogens with zero attached hydrogens (tertiary/aromatic N) is 1. The SMILES string of the molecule is O=[N+]([O-])c1c(F)cc(F)cc1NCCC1CC1. The van der Waals surface area contributed by atoms with Gasteiger partial charge in [0.2, 0.25) is 5.82 Å². The number of nitro groups is 1. The molecule has 0 amide bonds. The summed E-state index contributed by atoms with van der Waals surface area (Å²) in [7, 11) is 0. The predicted octanol–water partition coefficient (Wildman–Crippen LogP) is 3.09. The van der Waals surface area contributed by atoms with E-state index in [0.717, 1.165) is 12.5 Å². The summed E-state index contributed by atoms with van der Waals surface area (Å²) in [6.45, 7) is 0.494. The van der Waals surface area contributed by atoms with Crippen LogP contribution < -0.4 is 5.32 Å².